The number of likely N-dealkylation sites (tertiary alicyclic amines) is 1. The maximum Gasteiger partial charge on any atom is 0.426 e. The van der Waals surface area contributed by atoms with E-state index < -0.39 is 29.7 Å². The average Bonchev–Trinajstić information content (AvgIpc) is 3.07. The molecule has 1 fully saturated rings. The van der Waals surface area contributed by atoms with Crippen LogP contribution in [0.2, 0.25) is 0 Å². The molecule has 26 heavy (non-hydrogen) atoms. The number of benzene rings is 1. The summed E-state index contributed by atoms with van der Waals surface area (Å²) in [5.74, 6) is -0.481. The zero-order valence-corrected chi connectivity index (χ0v) is 15.3. The largest absolute Gasteiger partial charge is 0.444 e. The number of rotatable bonds is 3. The van der Waals surface area contributed by atoms with E-state index in [1.165, 1.54) is 4.90 Å². The normalized spacial score (nSPS) is 16.7. The molecule has 1 aliphatic heterocycles. The molecule has 8 heteroatoms. The third kappa shape index (κ3) is 5.94. The Labute approximate surface area is 152 Å². The van der Waals surface area contributed by atoms with Crippen molar-refractivity contribution in [2.45, 2.75) is 51.9 Å². The highest BCUT2D eigenvalue weighted by Crippen LogP contribution is 2.20. The first-order valence-electron chi connectivity index (χ1n) is 8.52. The highest BCUT2D eigenvalue weighted by Gasteiger charge is 2.36. The van der Waals surface area contributed by atoms with Crippen molar-refractivity contribution in [1.29, 1.82) is 0 Å². The lowest BCUT2D eigenvalue weighted by Crippen LogP contribution is -2.52. The summed E-state index contributed by atoms with van der Waals surface area (Å²) in [5, 5.41) is 0. The van der Waals surface area contributed by atoms with Crippen molar-refractivity contribution in [3.8, 4) is 0 Å². The van der Waals surface area contributed by atoms with Crippen molar-refractivity contribution in [2.75, 3.05) is 6.54 Å². The summed E-state index contributed by atoms with van der Waals surface area (Å²) in [7, 11) is 0. The minimum Gasteiger partial charge on any atom is -0.444 e. The van der Waals surface area contributed by atoms with Crippen LogP contribution in [0, 0.1) is 0 Å². The molecule has 0 aromatic heterocycles. The number of hydrazine groups is 1. The van der Waals surface area contributed by atoms with Crippen LogP contribution in [0.1, 0.15) is 39.2 Å². The van der Waals surface area contributed by atoms with Crippen molar-refractivity contribution in [3.63, 3.8) is 0 Å². The minimum atomic E-state index is -0.774. The van der Waals surface area contributed by atoms with Gasteiger partial charge in [-0.15, -0.1) is 0 Å². The Kier molecular flexibility index (Phi) is 6.43. The van der Waals surface area contributed by atoms with Crippen molar-refractivity contribution >= 4 is 18.1 Å². The SMILES string of the molecule is CC(C)(C)OC(=O)N1CCCC1C(=O)NNC(=O)OCc1ccccc1. The van der Waals surface area contributed by atoms with Crippen LogP contribution < -0.4 is 10.9 Å². The van der Waals surface area contributed by atoms with Gasteiger partial charge in [-0.25, -0.2) is 15.0 Å². The Morgan fingerprint density at radius 3 is 2.50 bits per heavy atom. The van der Waals surface area contributed by atoms with E-state index in [9.17, 15) is 14.4 Å². The van der Waals surface area contributed by atoms with E-state index in [0.717, 1.165) is 5.56 Å². The van der Waals surface area contributed by atoms with Crippen molar-refractivity contribution in [3.05, 3.63) is 35.9 Å². The van der Waals surface area contributed by atoms with Gasteiger partial charge in [0.25, 0.3) is 5.91 Å². The first-order valence-corrected chi connectivity index (χ1v) is 8.52. The van der Waals surface area contributed by atoms with E-state index >= 15 is 0 Å². The van der Waals surface area contributed by atoms with Gasteiger partial charge in [0, 0.05) is 6.54 Å². The second-order valence-corrected chi connectivity index (χ2v) is 7.01. The summed E-state index contributed by atoms with van der Waals surface area (Å²) in [4.78, 5) is 37.5. The molecule has 3 amide bonds. The van der Waals surface area contributed by atoms with Gasteiger partial charge < -0.3 is 9.47 Å². The van der Waals surface area contributed by atoms with E-state index in [-0.39, 0.29) is 6.61 Å². The monoisotopic (exact) mass is 363 g/mol. The van der Waals surface area contributed by atoms with E-state index in [1.807, 2.05) is 30.3 Å². The quantitative estimate of drug-likeness (QED) is 0.804. The molecule has 0 aliphatic carbocycles. The smallest absolute Gasteiger partial charge is 0.426 e. The fraction of sp³-hybridized carbons (Fsp3) is 0.500. The summed E-state index contributed by atoms with van der Waals surface area (Å²) in [6, 6.07) is 8.50. The molecule has 0 spiro atoms. The van der Waals surface area contributed by atoms with Crippen LogP contribution in [0.3, 0.4) is 0 Å². The lowest BCUT2D eigenvalue weighted by Gasteiger charge is -2.27. The topological polar surface area (TPSA) is 97.0 Å². The van der Waals surface area contributed by atoms with Crippen molar-refractivity contribution in [2.24, 2.45) is 0 Å². The zero-order valence-electron chi connectivity index (χ0n) is 15.3. The number of carbonyl (C=O) groups is 3. The molecule has 2 N–H and O–H groups in total. The van der Waals surface area contributed by atoms with Gasteiger partial charge in [0.1, 0.15) is 18.2 Å². The van der Waals surface area contributed by atoms with Crippen molar-refractivity contribution < 1.29 is 23.9 Å². The minimum absolute atomic E-state index is 0.0933. The maximum atomic E-state index is 12.3. The van der Waals surface area contributed by atoms with Gasteiger partial charge in [-0.3, -0.25) is 15.1 Å². The molecule has 1 aromatic rings. The van der Waals surface area contributed by atoms with Gasteiger partial charge in [0.05, 0.1) is 0 Å². The molecule has 1 heterocycles. The summed E-state index contributed by atoms with van der Waals surface area (Å²) in [5.41, 5.74) is 4.69. The molecule has 0 saturated carbocycles. The Balaban J connectivity index is 1.79. The van der Waals surface area contributed by atoms with Gasteiger partial charge in [0.2, 0.25) is 0 Å². The van der Waals surface area contributed by atoms with Crippen LogP contribution in [0.5, 0.6) is 0 Å². The molecule has 0 bridgehead atoms. The highest BCUT2D eigenvalue weighted by molar-refractivity contribution is 5.87. The van der Waals surface area contributed by atoms with Crippen LogP contribution in [-0.2, 0) is 20.9 Å². The van der Waals surface area contributed by atoms with Crippen LogP contribution in [0.4, 0.5) is 9.59 Å². The lowest BCUT2D eigenvalue weighted by atomic mass is 10.2. The van der Waals surface area contributed by atoms with Gasteiger partial charge in [0.15, 0.2) is 0 Å². The average molecular weight is 363 g/mol. The molecule has 1 saturated heterocycles. The molecular weight excluding hydrogens is 338 g/mol. The first-order chi connectivity index (χ1) is 12.3. The third-order valence-corrected chi connectivity index (χ3v) is 3.68. The molecule has 8 nitrogen and oxygen atoms in total. The van der Waals surface area contributed by atoms with Crippen LogP contribution in [-0.4, -0.2) is 41.2 Å². The lowest BCUT2D eigenvalue weighted by molar-refractivity contribution is -0.126. The Hall–Kier alpha value is -2.77. The number of ether oxygens (including phenoxy) is 2. The van der Waals surface area contributed by atoms with Crippen molar-refractivity contribution in [1.82, 2.24) is 15.8 Å². The molecule has 1 unspecified atom stereocenters. The Morgan fingerprint density at radius 1 is 1.15 bits per heavy atom. The molecule has 1 aromatic carbocycles. The molecular formula is C18H25N3O5. The summed E-state index contributed by atoms with van der Waals surface area (Å²) in [6.45, 7) is 5.82. The predicted molar refractivity (Wildman–Crippen MR) is 93.9 cm³/mol. The fourth-order valence-electron chi connectivity index (χ4n) is 2.53. The Bertz CT molecular complexity index is 642. The fourth-order valence-corrected chi connectivity index (χ4v) is 2.53. The number of nitrogens with one attached hydrogen (secondary N) is 2. The van der Waals surface area contributed by atoms with Crippen LogP contribution in [0.15, 0.2) is 30.3 Å². The van der Waals surface area contributed by atoms with E-state index in [2.05, 4.69) is 10.9 Å². The first kappa shape index (κ1) is 19.6. The van der Waals surface area contributed by atoms with Crippen LogP contribution in [0.25, 0.3) is 0 Å². The molecule has 142 valence electrons. The molecule has 1 atom stereocenters. The van der Waals surface area contributed by atoms with E-state index in [1.54, 1.807) is 20.8 Å². The van der Waals surface area contributed by atoms with Gasteiger partial charge in [-0.05, 0) is 39.2 Å². The summed E-state index contributed by atoms with van der Waals surface area (Å²) in [6.07, 6.45) is -0.118. The molecule has 2 rings (SSSR count). The number of nitrogens with zero attached hydrogens (tertiary/aromatic N) is 1. The maximum absolute atomic E-state index is 12.3. The number of amides is 3. The highest BCUT2D eigenvalue weighted by atomic mass is 16.6. The number of carbonyl (C=O) groups excluding carboxylic acids is 3. The van der Waals surface area contributed by atoms with Gasteiger partial charge in [-0.1, -0.05) is 30.3 Å². The van der Waals surface area contributed by atoms with Crippen LogP contribution >= 0.6 is 0 Å². The molecule has 0 radical (unpaired) electrons. The van der Waals surface area contributed by atoms with E-state index in [0.29, 0.717) is 19.4 Å². The third-order valence-electron chi connectivity index (χ3n) is 3.68. The second-order valence-electron chi connectivity index (χ2n) is 7.01. The van der Waals surface area contributed by atoms with Gasteiger partial charge in [-0.2, -0.15) is 0 Å². The summed E-state index contributed by atoms with van der Waals surface area (Å²) >= 11 is 0. The number of hydrogen-bond acceptors (Lipinski definition) is 5. The zero-order chi connectivity index (χ0) is 19.2. The summed E-state index contributed by atoms with van der Waals surface area (Å²) < 4.78 is 10.3. The number of hydrogen-bond donors (Lipinski definition) is 2. The van der Waals surface area contributed by atoms with E-state index in [4.69, 9.17) is 9.47 Å². The van der Waals surface area contributed by atoms with Gasteiger partial charge >= 0.3 is 12.2 Å². The molecule has 1 aliphatic rings. The predicted octanol–water partition coefficient (Wildman–Crippen LogP) is 2.34. The second kappa shape index (κ2) is 8.55. The Morgan fingerprint density at radius 2 is 1.85 bits per heavy atom. The standard InChI is InChI=1S/C18H25N3O5/c1-18(2,3)26-17(24)21-11-7-10-14(21)15(22)19-20-16(23)25-12-13-8-5-4-6-9-13/h4-6,8-9,14H,7,10-12H2,1-3H3,(H,19,22)(H,20,23).